The van der Waals surface area contributed by atoms with Crippen molar-refractivity contribution in [3.05, 3.63) is 71.9 Å². The minimum Gasteiger partial charge on any atom is -0.480 e. The van der Waals surface area contributed by atoms with Gasteiger partial charge in [0, 0.05) is 28.7 Å². The number of aliphatic carboxylic acids is 1. The summed E-state index contributed by atoms with van der Waals surface area (Å²) in [5, 5.41) is 14.5. The van der Waals surface area contributed by atoms with Crippen molar-refractivity contribution < 1.29 is 9.90 Å². The normalized spacial score (nSPS) is 21.2. The zero-order chi connectivity index (χ0) is 21.8. The maximum Gasteiger partial charge on any atom is 0.320 e. The summed E-state index contributed by atoms with van der Waals surface area (Å²) >= 11 is 0. The highest BCUT2D eigenvalue weighted by Gasteiger charge is 2.39. The predicted octanol–water partition coefficient (Wildman–Crippen LogP) is 5.39. The van der Waals surface area contributed by atoms with Gasteiger partial charge in [-0.25, -0.2) is 0 Å². The van der Waals surface area contributed by atoms with E-state index in [0.29, 0.717) is 6.42 Å². The van der Waals surface area contributed by atoms with Crippen LogP contribution < -0.4 is 5.32 Å². The van der Waals surface area contributed by atoms with Crippen LogP contribution in [-0.2, 0) is 16.8 Å². The molecule has 0 saturated heterocycles. The van der Waals surface area contributed by atoms with Gasteiger partial charge in [0.05, 0.1) is 0 Å². The summed E-state index contributed by atoms with van der Waals surface area (Å²) in [7, 11) is 4.31. The second kappa shape index (κ2) is 11.9. The number of benzene rings is 2. The number of carboxylic acid groups (broad SMARTS) is 1. The highest BCUT2D eigenvalue weighted by Crippen LogP contribution is 2.41. The van der Waals surface area contributed by atoms with Crippen molar-refractivity contribution in [1.82, 2.24) is 15.2 Å². The van der Waals surface area contributed by atoms with Crippen LogP contribution >= 0.6 is 24.8 Å². The number of hydrogen-bond donors (Lipinski definition) is 3. The standard InChI is InChI=1S/C26H33N3O2.2ClH/c1-29(2)26(20-8-4-3-5-9-20)16-14-21(15-17-26)28-24(25(30)31)13-12-19-18-27-23-11-7-6-10-22(19)23;;/h3-11,18,21,24,27-28H,12-17H2,1-2H3,(H,30,31);2*1H. The molecule has 4 rings (SSSR count). The van der Waals surface area contributed by atoms with Crippen LogP contribution in [0.25, 0.3) is 10.9 Å². The Morgan fingerprint density at radius 1 is 1.09 bits per heavy atom. The largest absolute Gasteiger partial charge is 0.480 e. The van der Waals surface area contributed by atoms with Crippen LogP contribution in [0.5, 0.6) is 0 Å². The van der Waals surface area contributed by atoms with E-state index in [1.54, 1.807) is 0 Å². The molecule has 2 aromatic carbocycles. The van der Waals surface area contributed by atoms with Gasteiger partial charge >= 0.3 is 5.97 Å². The third-order valence-electron chi connectivity index (χ3n) is 7.09. The monoisotopic (exact) mass is 491 g/mol. The van der Waals surface area contributed by atoms with E-state index < -0.39 is 12.0 Å². The van der Waals surface area contributed by atoms with E-state index >= 15 is 0 Å². The lowest BCUT2D eigenvalue weighted by Gasteiger charge is -2.46. The first-order chi connectivity index (χ1) is 15.0. The first-order valence-corrected chi connectivity index (χ1v) is 11.3. The van der Waals surface area contributed by atoms with Crippen molar-refractivity contribution in [2.75, 3.05) is 14.1 Å². The molecule has 3 aromatic rings. The highest BCUT2D eigenvalue weighted by molar-refractivity contribution is 5.85. The zero-order valence-electron chi connectivity index (χ0n) is 19.3. The lowest BCUT2D eigenvalue weighted by molar-refractivity contribution is -0.140. The Kier molecular flexibility index (Phi) is 9.80. The van der Waals surface area contributed by atoms with Crippen LogP contribution in [-0.4, -0.2) is 47.1 Å². The van der Waals surface area contributed by atoms with Crippen molar-refractivity contribution in [3.63, 3.8) is 0 Å². The average Bonchev–Trinajstić information content (AvgIpc) is 3.20. The van der Waals surface area contributed by atoms with Gasteiger partial charge in [0.2, 0.25) is 0 Å². The number of halogens is 2. The second-order valence-electron chi connectivity index (χ2n) is 9.02. The second-order valence-corrected chi connectivity index (χ2v) is 9.02. The van der Waals surface area contributed by atoms with E-state index in [4.69, 9.17) is 0 Å². The number of aryl methyl sites for hydroxylation is 1. The Morgan fingerprint density at radius 3 is 2.36 bits per heavy atom. The van der Waals surface area contributed by atoms with Crippen molar-refractivity contribution in [1.29, 1.82) is 0 Å². The average molecular weight is 492 g/mol. The summed E-state index contributed by atoms with van der Waals surface area (Å²) in [6, 6.07) is 18.6. The zero-order valence-corrected chi connectivity index (χ0v) is 20.9. The van der Waals surface area contributed by atoms with Crippen molar-refractivity contribution in [3.8, 4) is 0 Å². The van der Waals surface area contributed by atoms with Crippen molar-refractivity contribution >= 4 is 41.7 Å². The molecule has 0 spiro atoms. The fourth-order valence-corrected chi connectivity index (χ4v) is 5.21. The third kappa shape index (κ3) is 5.90. The van der Waals surface area contributed by atoms with Crippen molar-refractivity contribution in [2.24, 2.45) is 0 Å². The fourth-order valence-electron chi connectivity index (χ4n) is 5.21. The summed E-state index contributed by atoms with van der Waals surface area (Å²) in [6.45, 7) is 0. The van der Waals surface area contributed by atoms with Crippen LogP contribution in [0.3, 0.4) is 0 Å². The van der Waals surface area contributed by atoms with Crippen LogP contribution in [0.2, 0.25) is 0 Å². The maximum absolute atomic E-state index is 12.0. The molecule has 3 N–H and O–H groups in total. The molecule has 1 unspecified atom stereocenters. The maximum atomic E-state index is 12.0. The molecule has 1 fully saturated rings. The van der Waals surface area contributed by atoms with E-state index in [0.717, 1.165) is 37.6 Å². The quantitative estimate of drug-likeness (QED) is 0.395. The molecule has 1 aliphatic carbocycles. The van der Waals surface area contributed by atoms with Crippen LogP contribution in [0.1, 0.15) is 43.2 Å². The number of nitrogens with one attached hydrogen (secondary N) is 2. The number of nitrogens with zero attached hydrogens (tertiary/aromatic N) is 1. The molecule has 33 heavy (non-hydrogen) atoms. The predicted molar refractivity (Wildman–Crippen MR) is 140 cm³/mol. The molecule has 0 bridgehead atoms. The molecule has 1 saturated carbocycles. The van der Waals surface area contributed by atoms with Gasteiger partial charge in [0.25, 0.3) is 0 Å². The molecule has 0 radical (unpaired) electrons. The molecule has 0 aliphatic heterocycles. The molecular weight excluding hydrogens is 457 g/mol. The van der Waals surface area contributed by atoms with E-state index in [2.05, 4.69) is 71.8 Å². The van der Waals surface area contributed by atoms with E-state index in [1.807, 2.05) is 18.3 Å². The number of rotatable bonds is 8. The SMILES string of the molecule is CN(C)C1(c2ccccc2)CCC(NC(CCc2c[nH]c3ccccc23)C(=O)O)CC1.Cl.Cl. The minimum absolute atomic E-state index is 0. The molecule has 1 aromatic heterocycles. The van der Waals surface area contributed by atoms with Gasteiger partial charge < -0.3 is 15.4 Å². The molecule has 180 valence electrons. The first-order valence-electron chi connectivity index (χ1n) is 11.3. The number of hydrogen-bond acceptors (Lipinski definition) is 3. The van der Waals surface area contributed by atoms with E-state index in [1.165, 1.54) is 16.5 Å². The number of aromatic amines is 1. The van der Waals surface area contributed by atoms with Gasteiger partial charge in [0.15, 0.2) is 0 Å². The number of carboxylic acids is 1. The summed E-state index contributed by atoms with van der Waals surface area (Å²) in [5.41, 5.74) is 3.67. The smallest absolute Gasteiger partial charge is 0.320 e. The van der Waals surface area contributed by atoms with Gasteiger partial charge in [-0.2, -0.15) is 0 Å². The lowest BCUT2D eigenvalue weighted by atomic mass is 9.74. The van der Waals surface area contributed by atoms with Crippen molar-refractivity contribution in [2.45, 2.75) is 56.1 Å². The van der Waals surface area contributed by atoms with Crippen LogP contribution in [0, 0.1) is 0 Å². The molecule has 1 atom stereocenters. The highest BCUT2D eigenvalue weighted by atomic mass is 35.5. The molecule has 5 nitrogen and oxygen atoms in total. The Balaban J connectivity index is 0.00000193. The Hall–Kier alpha value is -2.05. The Morgan fingerprint density at radius 2 is 1.73 bits per heavy atom. The fraction of sp³-hybridized carbons (Fsp3) is 0.423. The summed E-state index contributed by atoms with van der Waals surface area (Å²) in [6.07, 6.45) is 7.34. The first kappa shape index (κ1) is 27.2. The number of H-pyrrole nitrogens is 1. The topological polar surface area (TPSA) is 68.4 Å². The summed E-state index contributed by atoms with van der Waals surface area (Å²) in [5.74, 6) is -0.757. The Bertz CT molecular complexity index is 1010. The summed E-state index contributed by atoms with van der Waals surface area (Å²) < 4.78 is 0. The number of fused-ring (bicyclic) bond motifs is 1. The molecule has 1 heterocycles. The lowest BCUT2D eigenvalue weighted by Crippen LogP contribution is -2.50. The van der Waals surface area contributed by atoms with Gasteiger partial charge in [-0.1, -0.05) is 48.5 Å². The molecular formula is C26H35Cl2N3O2. The van der Waals surface area contributed by atoms with Gasteiger partial charge in [-0.3, -0.25) is 9.69 Å². The molecule has 1 aliphatic rings. The minimum atomic E-state index is -0.757. The summed E-state index contributed by atoms with van der Waals surface area (Å²) in [4.78, 5) is 17.6. The number of aromatic nitrogens is 1. The molecule has 0 amide bonds. The van der Waals surface area contributed by atoms with Crippen LogP contribution in [0.4, 0.5) is 0 Å². The Labute approximate surface area is 208 Å². The molecule has 7 heteroatoms. The van der Waals surface area contributed by atoms with Gasteiger partial charge in [-0.05, 0) is 69.8 Å². The van der Waals surface area contributed by atoms with Crippen LogP contribution in [0.15, 0.2) is 60.8 Å². The number of carbonyl (C=O) groups is 1. The van der Waals surface area contributed by atoms with E-state index in [-0.39, 0.29) is 36.4 Å². The van der Waals surface area contributed by atoms with E-state index in [9.17, 15) is 9.90 Å². The van der Waals surface area contributed by atoms with Gasteiger partial charge in [0.1, 0.15) is 6.04 Å². The third-order valence-corrected chi connectivity index (χ3v) is 7.09. The van der Waals surface area contributed by atoms with Gasteiger partial charge in [-0.15, -0.1) is 24.8 Å². The number of para-hydroxylation sites is 1.